The SMILES string of the molecule is NC(=O)c1cc2c(-c3cc(N)c(C(=O)NC4CC4)s3)cccc2s1. The molecule has 0 aliphatic heterocycles. The number of thiophene rings is 2. The van der Waals surface area contributed by atoms with Gasteiger partial charge in [-0.15, -0.1) is 22.7 Å². The smallest absolute Gasteiger partial charge is 0.263 e. The highest BCUT2D eigenvalue weighted by Crippen LogP contribution is 2.39. The molecule has 0 saturated heterocycles. The van der Waals surface area contributed by atoms with Gasteiger partial charge in [-0.1, -0.05) is 12.1 Å². The molecule has 2 aromatic heterocycles. The first-order chi connectivity index (χ1) is 11.5. The number of hydrogen-bond donors (Lipinski definition) is 3. The first-order valence-electron chi connectivity index (χ1n) is 7.56. The van der Waals surface area contributed by atoms with Crippen LogP contribution >= 0.6 is 22.7 Å². The molecule has 2 heterocycles. The second-order valence-electron chi connectivity index (χ2n) is 5.84. The Morgan fingerprint density at radius 2 is 1.96 bits per heavy atom. The van der Waals surface area contributed by atoms with Crippen LogP contribution < -0.4 is 16.8 Å². The molecule has 1 aliphatic carbocycles. The van der Waals surface area contributed by atoms with Gasteiger partial charge in [-0.3, -0.25) is 9.59 Å². The van der Waals surface area contributed by atoms with E-state index in [1.165, 1.54) is 22.7 Å². The van der Waals surface area contributed by atoms with Gasteiger partial charge in [0.15, 0.2) is 0 Å². The highest BCUT2D eigenvalue weighted by atomic mass is 32.1. The highest BCUT2D eigenvalue weighted by Gasteiger charge is 2.26. The number of nitrogen functional groups attached to an aromatic ring is 1. The molecular weight excluding hydrogens is 342 g/mol. The van der Waals surface area contributed by atoms with Gasteiger partial charge < -0.3 is 16.8 Å². The molecule has 24 heavy (non-hydrogen) atoms. The van der Waals surface area contributed by atoms with Crippen LogP contribution in [-0.4, -0.2) is 17.9 Å². The fraction of sp³-hybridized carbons (Fsp3) is 0.176. The fourth-order valence-corrected chi connectivity index (χ4v) is 4.55. The van der Waals surface area contributed by atoms with Gasteiger partial charge >= 0.3 is 0 Å². The van der Waals surface area contributed by atoms with Crippen molar-refractivity contribution in [2.45, 2.75) is 18.9 Å². The maximum atomic E-state index is 12.3. The van der Waals surface area contributed by atoms with Crippen LogP contribution in [0.5, 0.6) is 0 Å². The Bertz CT molecular complexity index is 970. The number of anilines is 1. The predicted molar refractivity (Wildman–Crippen MR) is 98.6 cm³/mol. The molecule has 0 atom stereocenters. The van der Waals surface area contributed by atoms with E-state index in [2.05, 4.69) is 5.32 Å². The Morgan fingerprint density at radius 1 is 1.17 bits per heavy atom. The van der Waals surface area contributed by atoms with Crippen molar-refractivity contribution in [3.05, 3.63) is 40.1 Å². The Labute approximate surface area is 146 Å². The number of benzene rings is 1. The van der Waals surface area contributed by atoms with E-state index in [1.807, 2.05) is 24.3 Å². The number of primary amides is 1. The number of nitrogens with one attached hydrogen (secondary N) is 1. The van der Waals surface area contributed by atoms with E-state index in [1.54, 1.807) is 6.07 Å². The molecule has 1 aromatic carbocycles. The summed E-state index contributed by atoms with van der Waals surface area (Å²) < 4.78 is 0.984. The zero-order valence-electron chi connectivity index (χ0n) is 12.7. The molecule has 1 saturated carbocycles. The maximum absolute atomic E-state index is 12.3. The first kappa shape index (κ1) is 15.2. The van der Waals surface area contributed by atoms with Crippen LogP contribution in [0.2, 0.25) is 0 Å². The van der Waals surface area contributed by atoms with Gasteiger partial charge in [-0.2, -0.15) is 0 Å². The van der Waals surface area contributed by atoms with Gasteiger partial charge in [-0.25, -0.2) is 0 Å². The largest absolute Gasteiger partial charge is 0.397 e. The molecule has 0 bridgehead atoms. The Kier molecular flexibility index (Phi) is 3.54. The molecule has 3 aromatic rings. The van der Waals surface area contributed by atoms with Crippen LogP contribution in [0, 0.1) is 0 Å². The standard InChI is InChI=1S/C17H15N3O2S2/c18-11-7-13(24-15(11)17(22)20-8-4-5-8)9-2-1-3-12-10(9)6-14(23-12)16(19)21/h1-3,6-8H,4-5,18H2,(H2,19,21)(H,20,22). The average Bonchev–Trinajstić information content (AvgIpc) is 3.10. The lowest BCUT2D eigenvalue weighted by Gasteiger charge is -2.01. The summed E-state index contributed by atoms with van der Waals surface area (Å²) in [5.41, 5.74) is 12.9. The summed E-state index contributed by atoms with van der Waals surface area (Å²) in [6.45, 7) is 0. The molecule has 1 fully saturated rings. The van der Waals surface area contributed by atoms with Gasteiger partial charge in [0, 0.05) is 26.6 Å². The van der Waals surface area contributed by atoms with Crippen molar-refractivity contribution in [2.24, 2.45) is 5.73 Å². The normalized spacial score (nSPS) is 14.0. The highest BCUT2D eigenvalue weighted by molar-refractivity contribution is 7.21. The van der Waals surface area contributed by atoms with Crippen LogP contribution in [-0.2, 0) is 0 Å². The van der Waals surface area contributed by atoms with Crippen molar-refractivity contribution >= 4 is 50.3 Å². The van der Waals surface area contributed by atoms with Gasteiger partial charge in [-0.05, 0) is 31.0 Å². The molecule has 5 nitrogen and oxygen atoms in total. The van der Waals surface area contributed by atoms with Crippen LogP contribution in [0.1, 0.15) is 32.2 Å². The third-order valence-electron chi connectivity index (χ3n) is 3.95. The number of carbonyl (C=O) groups is 2. The van der Waals surface area contributed by atoms with Crippen LogP contribution in [0.4, 0.5) is 5.69 Å². The van der Waals surface area contributed by atoms with Gasteiger partial charge in [0.1, 0.15) is 4.88 Å². The van der Waals surface area contributed by atoms with Crippen molar-refractivity contribution in [1.29, 1.82) is 0 Å². The van der Waals surface area contributed by atoms with Crippen molar-refractivity contribution in [3.8, 4) is 10.4 Å². The number of carbonyl (C=O) groups excluding carboxylic acids is 2. The predicted octanol–water partition coefficient (Wildman–Crippen LogP) is 3.20. The quantitative estimate of drug-likeness (QED) is 0.668. The van der Waals surface area contributed by atoms with Crippen molar-refractivity contribution in [3.63, 3.8) is 0 Å². The minimum absolute atomic E-state index is 0.110. The number of rotatable bonds is 4. The molecule has 122 valence electrons. The van der Waals surface area contributed by atoms with E-state index in [0.717, 1.165) is 33.4 Å². The summed E-state index contributed by atoms with van der Waals surface area (Å²) in [5, 5.41) is 3.91. The minimum atomic E-state index is -0.433. The zero-order valence-corrected chi connectivity index (χ0v) is 14.3. The lowest BCUT2D eigenvalue weighted by Crippen LogP contribution is -2.25. The molecule has 4 rings (SSSR count). The fourth-order valence-electron chi connectivity index (χ4n) is 2.59. The third-order valence-corrected chi connectivity index (χ3v) is 6.25. The molecule has 1 aliphatic rings. The summed E-state index contributed by atoms with van der Waals surface area (Å²) in [4.78, 5) is 25.7. The van der Waals surface area contributed by atoms with E-state index in [-0.39, 0.29) is 5.91 Å². The van der Waals surface area contributed by atoms with Gasteiger partial charge in [0.2, 0.25) is 0 Å². The van der Waals surface area contributed by atoms with E-state index in [0.29, 0.717) is 21.5 Å². The third kappa shape index (κ3) is 2.65. The van der Waals surface area contributed by atoms with E-state index >= 15 is 0 Å². The van der Waals surface area contributed by atoms with E-state index in [4.69, 9.17) is 11.5 Å². The maximum Gasteiger partial charge on any atom is 0.263 e. The van der Waals surface area contributed by atoms with E-state index < -0.39 is 5.91 Å². The first-order valence-corrected chi connectivity index (χ1v) is 9.19. The Morgan fingerprint density at radius 3 is 2.67 bits per heavy atom. The summed E-state index contributed by atoms with van der Waals surface area (Å²) in [5.74, 6) is -0.543. The second-order valence-corrected chi connectivity index (χ2v) is 7.97. The Balaban J connectivity index is 1.77. The minimum Gasteiger partial charge on any atom is -0.397 e. The second kappa shape index (κ2) is 5.61. The molecule has 5 N–H and O–H groups in total. The molecule has 0 spiro atoms. The average molecular weight is 357 g/mol. The topological polar surface area (TPSA) is 98.2 Å². The Hall–Kier alpha value is -2.38. The molecule has 2 amide bonds. The monoisotopic (exact) mass is 357 g/mol. The zero-order chi connectivity index (χ0) is 16.8. The number of hydrogen-bond acceptors (Lipinski definition) is 5. The van der Waals surface area contributed by atoms with E-state index in [9.17, 15) is 9.59 Å². The van der Waals surface area contributed by atoms with Crippen molar-refractivity contribution in [2.75, 3.05) is 5.73 Å². The van der Waals surface area contributed by atoms with Crippen LogP contribution in [0.25, 0.3) is 20.5 Å². The summed E-state index contributed by atoms with van der Waals surface area (Å²) in [6, 6.07) is 9.77. The number of amides is 2. The lowest BCUT2D eigenvalue weighted by molar-refractivity contribution is 0.0954. The molecule has 0 radical (unpaired) electrons. The molecule has 0 unspecified atom stereocenters. The summed E-state index contributed by atoms with van der Waals surface area (Å²) >= 11 is 2.74. The molecular formula is C17H15N3O2S2. The number of fused-ring (bicyclic) bond motifs is 1. The molecule has 7 heteroatoms. The number of nitrogens with two attached hydrogens (primary N) is 2. The summed E-state index contributed by atoms with van der Waals surface area (Å²) in [6.07, 6.45) is 2.07. The van der Waals surface area contributed by atoms with Gasteiger partial charge in [0.25, 0.3) is 11.8 Å². The lowest BCUT2D eigenvalue weighted by atomic mass is 10.1. The van der Waals surface area contributed by atoms with Crippen molar-refractivity contribution in [1.82, 2.24) is 5.32 Å². The van der Waals surface area contributed by atoms with Crippen LogP contribution in [0.15, 0.2) is 30.3 Å². The summed E-state index contributed by atoms with van der Waals surface area (Å²) in [7, 11) is 0. The van der Waals surface area contributed by atoms with Crippen molar-refractivity contribution < 1.29 is 9.59 Å². The van der Waals surface area contributed by atoms with Gasteiger partial charge in [0.05, 0.1) is 10.6 Å². The van der Waals surface area contributed by atoms with Crippen LogP contribution in [0.3, 0.4) is 0 Å².